The lowest BCUT2D eigenvalue weighted by Gasteiger charge is -2.30. The predicted octanol–water partition coefficient (Wildman–Crippen LogP) is 3.65. The number of halogens is 1. The second-order valence-corrected chi connectivity index (χ2v) is 7.06. The van der Waals surface area contributed by atoms with Crippen LogP contribution in [0.5, 0.6) is 5.88 Å². The minimum atomic E-state index is 0.289. The Balaban J connectivity index is 1.47. The Morgan fingerprint density at radius 3 is 2.74 bits per heavy atom. The maximum absolute atomic E-state index is 5.78. The molecule has 3 heterocycles. The van der Waals surface area contributed by atoms with E-state index in [1.807, 2.05) is 12.1 Å². The van der Waals surface area contributed by atoms with Gasteiger partial charge in [0.2, 0.25) is 5.88 Å². The molecule has 1 aliphatic heterocycles. The van der Waals surface area contributed by atoms with E-state index in [1.165, 1.54) is 0 Å². The minimum absolute atomic E-state index is 0.289. The van der Waals surface area contributed by atoms with Gasteiger partial charge in [-0.1, -0.05) is 19.0 Å². The first-order chi connectivity index (χ1) is 11.1. The van der Waals surface area contributed by atoms with Crippen molar-refractivity contribution in [1.29, 1.82) is 0 Å². The summed E-state index contributed by atoms with van der Waals surface area (Å²) in [7, 11) is 0. The highest BCUT2D eigenvalue weighted by molar-refractivity contribution is 9.10. The van der Waals surface area contributed by atoms with Gasteiger partial charge in [-0.3, -0.25) is 0 Å². The molecule has 1 fully saturated rings. The van der Waals surface area contributed by atoms with E-state index in [1.54, 1.807) is 6.20 Å². The van der Waals surface area contributed by atoms with Gasteiger partial charge in [0.25, 0.3) is 0 Å². The van der Waals surface area contributed by atoms with Crippen LogP contribution in [0.3, 0.4) is 0 Å². The number of piperidine rings is 1. The normalized spacial score (nSPS) is 16.1. The molecule has 2 aromatic rings. The highest BCUT2D eigenvalue weighted by atomic mass is 79.9. The molecular weight excluding hydrogens is 360 g/mol. The second-order valence-electron chi connectivity index (χ2n) is 6.15. The lowest BCUT2D eigenvalue weighted by atomic mass is 9.98. The van der Waals surface area contributed by atoms with Crippen molar-refractivity contribution in [2.75, 3.05) is 24.6 Å². The topological polar surface area (TPSA) is 64.3 Å². The van der Waals surface area contributed by atoms with Crippen LogP contribution in [0.4, 0.5) is 6.01 Å². The zero-order valence-corrected chi connectivity index (χ0v) is 15.0. The van der Waals surface area contributed by atoms with Crippen molar-refractivity contribution >= 4 is 21.9 Å². The van der Waals surface area contributed by atoms with Crippen molar-refractivity contribution < 1.29 is 9.26 Å². The number of aromatic nitrogens is 3. The monoisotopic (exact) mass is 380 g/mol. The quantitative estimate of drug-likeness (QED) is 0.788. The zero-order chi connectivity index (χ0) is 16.2. The molecule has 124 valence electrons. The Morgan fingerprint density at radius 2 is 2.13 bits per heavy atom. The largest absolute Gasteiger partial charge is 0.477 e. The van der Waals surface area contributed by atoms with Crippen LogP contribution in [-0.4, -0.2) is 34.8 Å². The van der Waals surface area contributed by atoms with Gasteiger partial charge >= 0.3 is 6.01 Å². The number of rotatable bonds is 5. The van der Waals surface area contributed by atoms with Crippen molar-refractivity contribution in [2.45, 2.75) is 32.6 Å². The molecule has 23 heavy (non-hydrogen) atoms. The van der Waals surface area contributed by atoms with E-state index < -0.39 is 0 Å². The van der Waals surface area contributed by atoms with Crippen molar-refractivity contribution in [3.05, 3.63) is 28.6 Å². The average Bonchev–Trinajstić information content (AvgIpc) is 3.05. The summed E-state index contributed by atoms with van der Waals surface area (Å²) < 4.78 is 12.1. The SMILES string of the molecule is CC(C)c1noc(N2CCC(COc3ccc(Br)cn3)CC2)n1. The van der Waals surface area contributed by atoms with E-state index >= 15 is 0 Å². The van der Waals surface area contributed by atoms with E-state index in [0.717, 1.165) is 36.2 Å². The molecule has 0 N–H and O–H groups in total. The lowest BCUT2D eigenvalue weighted by Crippen LogP contribution is -2.35. The Kier molecular flexibility index (Phi) is 5.15. The molecule has 0 aliphatic carbocycles. The van der Waals surface area contributed by atoms with Gasteiger partial charge in [0.15, 0.2) is 5.82 Å². The third-order valence-corrected chi connectivity index (χ3v) is 4.47. The van der Waals surface area contributed by atoms with Crippen molar-refractivity contribution in [3.8, 4) is 5.88 Å². The lowest BCUT2D eigenvalue weighted by molar-refractivity contribution is 0.213. The maximum Gasteiger partial charge on any atom is 0.324 e. The van der Waals surface area contributed by atoms with Gasteiger partial charge in [0.05, 0.1) is 6.61 Å². The summed E-state index contributed by atoms with van der Waals surface area (Å²) in [5.41, 5.74) is 0. The molecule has 0 radical (unpaired) electrons. The third kappa shape index (κ3) is 4.22. The number of anilines is 1. The summed E-state index contributed by atoms with van der Waals surface area (Å²) in [6, 6.07) is 4.46. The Hall–Kier alpha value is -1.63. The zero-order valence-electron chi connectivity index (χ0n) is 13.4. The molecule has 7 heteroatoms. The van der Waals surface area contributed by atoms with E-state index in [0.29, 0.717) is 24.4 Å². The molecule has 1 saturated heterocycles. The average molecular weight is 381 g/mol. The van der Waals surface area contributed by atoms with E-state index in [4.69, 9.17) is 9.26 Å². The number of nitrogens with zero attached hydrogens (tertiary/aromatic N) is 4. The molecule has 0 aromatic carbocycles. The fourth-order valence-electron chi connectivity index (χ4n) is 2.53. The molecular formula is C16H21BrN4O2. The van der Waals surface area contributed by atoms with E-state index in [9.17, 15) is 0 Å². The first-order valence-electron chi connectivity index (χ1n) is 7.94. The highest BCUT2D eigenvalue weighted by Crippen LogP contribution is 2.24. The van der Waals surface area contributed by atoms with Crippen LogP contribution >= 0.6 is 15.9 Å². The number of pyridine rings is 1. The first-order valence-corrected chi connectivity index (χ1v) is 8.74. The summed E-state index contributed by atoms with van der Waals surface area (Å²) in [6.07, 6.45) is 3.85. The van der Waals surface area contributed by atoms with E-state index in [-0.39, 0.29) is 5.92 Å². The van der Waals surface area contributed by atoms with Crippen LogP contribution in [0.2, 0.25) is 0 Å². The third-order valence-electron chi connectivity index (χ3n) is 4.00. The number of hydrogen-bond donors (Lipinski definition) is 0. The summed E-state index contributed by atoms with van der Waals surface area (Å²) in [4.78, 5) is 10.9. The molecule has 0 amide bonds. The van der Waals surface area contributed by atoms with Crippen LogP contribution in [0.25, 0.3) is 0 Å². The van der Waals surface area contributed by atoms with Gasteiger partial charge in [-0.2, -0.15) is 4.98 Å². The van der Waals surface area contributed by atoms with Crippen molar-refractivity contribution in [3.63, 3.8) is 0 Å². The molecule has 6 nitrogen and oxygen atoms in total. The fraction of sp³-hybridized carbons (Fsp3) is 0.562. The van der Waals surface area contributed by atoms with Gasteiger partial charge in [-0.25, -0.2) is 4.98 Å². The predicted molar refractivity (Wildman–Crippen MR) is 90.8 cm³/mol. The van der Waals surface area contributed by atoms with Crippen molar-refractivity contribution in [1.82, 2.24) is 15.1 Å². The fourth-order valence-corrected chi connectivity index (χ4v) is 2.77. The highest BCUT2D eigenvalue weighted by Gasteiger charge is 2.24. The summed E-state index contributed by atoms with van der Waals surface area (Å²) in [5.74, 6) is 2.27. The smallest absolute Gasteiger partial charge is 0.324 e. The van der Waals surface area contributed by atoms with Gasteiger partial charge in [-0.15, -0.1) is 0 Å². The molecule has 1 aliphatic rings. The van der Waals surface area contributed by atoms with Crippen LogP contribution in [0.1, 0.15) is 38.4 Å². The molecule has 0 saturated carbocycles. The van der Waals surface area contributed by atoms with Crippen LogP contribution in [0.15, 0.2) is 27.3 Å². The summed E-state index contributed by atoms with van der Waals surface area (Å²) >= 11 is 3.37. The van der Waals surface area contributed by atoms with Gasteiger partial charge in [0, 0.05) is 35.7 Å². The Bertz CT molecular complexity index is 621. The van der Waals surface area contributed by atoms with Crippen molar-refractivity contribution in [2.24, 2.45) is 5.92 Å². The summed E-state index contributed by atoms with van der Waals surface area (Å²) in [5, 5.41) is 4.03. The van der Waals surface area contributed by atoms with Crippen LogP contribution in [-0.2, 0) is 0 Å². The van der Waals surface area contributed by atoms with Gasteiger partial charge < -0.3 is 14.2 Å². The van der Waals surface area contributed by atoms with Gasteiger partial charge in [-0.05, 0) is 40.8 Å². The Labute approximate surface area is 144 Å². The number of hydrogen-bond acceptors (Lipinski definition) is 6. The standard InChI is InChI=1S/C16H21BrN4O2/c1-11(2)15-19-16(23-20-15)21-7-5-12(6-8-21)10-22-14-4-3-13(17)9-18-14/h3-4,9,11-12H,5-8,10H2,1-2H3. The molecule has 3 rings (SSSR count). The summed E-state index contributed by atoms with van der Waals surface area (Å²) in [6.45, 7) is 6.66. The molecule has 0 bridgehead atoms. The van der Waals surface area contributed by atoms with E-state index in [2.05, 4.69) is 49.8 Å². The molecule has 2 aromatic heterocycles. The number of ether oxygens (including phenoxy) is 1. The molecule has 0 spiro atoms. The second kappa shape index (κ2) is 7.29. The first kappa shape index (κ1) is 16.2. The maximum atomic E-state index is 5.78. The van der Waals surface area contributed by atoms with Crippen LogP contribution < -0.4 is 9.64 Å². The van der Waals surface area contributed by atoms with Gasteiger partial charge in [0.1, 0.15) is 0 Å². The van der Waals surface area contributed by atoms with Crippen LogP contribution in [0, 0.1) is 5.92 Å². The Morgan fingerprint density at radius 1 is 1.35 bits per heavy atom. The molecule has 0 atom stereocenters. The minimum Gasteiger partial charge on any atom is -0.477 e. The molecule has 0 unspecified atom stereocenters.